The maximum atomic E-state index is 11.9. The van der Waals surface area contributed by atoms with Crippen molar-refractivity contribution in [3.63, 3.8) is 0 Å². The van der Waals surface area contributed by atoms with Crippen LogP contribution < -0.4 is 15.3 Å². The number of carbonyl (C=O) groups is 2. The minimum Gasteiger partial charge on any atom is -0.550 e. The molecule has 0 atom stereocenters. The number of piperidine rings is 1. The Morgan fingerprint density at radius 1 is 1.35 bits per heavy atom. The number of nitrogens with one attached hydrogen (secondary N) is 2. The molecule has 0 aromatic heterocycles. The van der Waals surface area contributed by atoms with Gasteiger partial charge in [-0.05, 0) is 24.6 Å². The summed E-state index contributed by atoms with van der Waals surface area (Å²) in [6.45, 7) is 3.78. The van der Waals surface area contributed by atoms with Crippen molar-refractivity contribution in [1.29, 1.82) is 0 Å². The van der Waals surface area contributed by atoms with Crippen molar-refractivity contribution in [3.8, 4) is 0 Å². The minimum atomic E-state index is -0.965. The summed E-state index contributed by atoms with van der Waals surface area (Å²) < 4.78 is 0. The summed E-state index contributed by atoms with van der Waals surface area (Å²) in [6, 6.07) is 7.67. The number of hydrogen-bond donors (Lipinski definition) is 2. The fraction of sp³-hybridized carbons (Fsp3) is 0.467. The van der Waals surface area contributed by atoms with Gasteiger partial charge in [-0.1, -0.05) is 12.1 Å². The van der Waals surface area contributed by atoms with Gasteiger partial charge < -0.3 is 20.1 Å². The van der Waals surface area contributed by atoms with Crippen LogP contribution in [0.3, 0.4) is 0 Å². The first-order valence-electron chi connectivity index (χ1n) is 6.95. The highest BCUT2D eigenvalue weighted by Crippen LogP contribution is 2.09. The summed E-state index contributed by atoms with van der Waals surface area (Å²) in [7, 11) is 0. The van der Waals surface area contributed by atoms with Crippen LogP contribution in [0.25, 0.3) is 0 Å². The Morgan fingerprint density at radius 3 is 2.65 bits per heavy atom. The number of anilines is 1. The zero-order valence-corrected chi connectivity index (χ0v) is 11.6. The van der Waals surface area contributed by atoms with E-state index in [4.69, 9.17) is 0 Å². The topological polar surface area (TPSA) is 73.7 Å². The van der Waals surface area contributed by atoms with E-state index in [1.807, 2.05) is 31.2 Å². The molecule has 1 aromatic rings. The van der Waals surface area contributed by atoms with Crippen LogP contribution in [0.15, 0.2) is 24.3 Å². The largest absolute Gasteiger partial charge is 0.550 e. The Kier molecular flexibility index (Phi) is 4.74. The molecule has 5 nitrogen and oxygen atoms in total. The maximum absolute atomic E-state index is 11.9. The van der Waals surface area contributed by atoms with Crippen molar-refractivity contribution in [2.75, 3.05) is 25.0 Å². The van der Waals surface area contributed by atoms with Crippen LogP contribution in [0.1, 0.15) is 18.4 Å². The Hall–Kier alpha value is -1.88. The molecular weight excluding hydrogens is 256 g/mol. The van der Waals surface area contributed by atoms with Gasteiger partial charge in [0.25, 0.3) is 5.91 Å². The van der Waals surface area contributed by atoms with Crippen LogP contribution in [-0.2, 0) is 9.59 Å². The molecule has 108 valence electrons. The molecule has 0 saturated carbocycles. The summed E-state index contributed by atoms with van der Waals surface area (Å²) in [5, 5.41) is 13.6. The van der Waals surface area contributed by atoms with E-state index >= 15 is 0 Å². The molecule has 20 heavy (non-hydrogen) atoms. The summed E-state index contributed by atoms with van der Waals surface area (Å²) >= 11 is 0. The Labute approximate surface area is 118 Å². The number of quaternary nitrogens is 1. The van der Waals surface area contributed by atoms with E-state index in [2.05, 4.69) is 5.32 Å². The summed E-state index contributed by atoms with van der Waals surface area (Å²) in [4.78, 5) is 23.8. The lowest BCUT2D eigenvalue weighted by atomic mass is 9.97. The van der Waals surface area contributed by atoms with Gasteiger partial charge in [0.05, 0.1) is 13.1 Å². The van der Waals surface area contributed by atoms with Crippen molar-refractivity contribution < 1.29 is 19.6 Å². The second-order valence-electron chi connectivity index (χ2n) is 5.44. The van der Waals surface area contributed by atoms with Gasteiger partial charge in [0.15, 0.2) is 6.54 Å². The Balaban J connectivity index is 1.80. The molecule has 1 amide bonds. The molecule has 1 aliphatic heterocycles. The number of carboxylic acid groups (broad SMARTS) is 1. The molecule has 5 heteroatoms. The standard InChI is InChI=1S/C15H20N2O3/c1-11-3-2-4-13(9-11)16-14(18)10-17-7-5-12(6-8-17)15(19)20/h2-4,9,12H,5-8,10H2,1H3,(H,16,18)(H,19,20). The SMILES string of the molecule is Cc1cccc(NC(=O)C[NH+]2CCC(C(=O)[O-])CC2)c1. The molecular formula is C15H20N2O3. The van der Waals surface area contributed by atoms with E-state index in [0.29, 0.717) is 32.5 Å². The second-order valence-corrected chi connectivity index (χ2v) is 5.44. The van der Waals surface area contributed by atoms with Crippen molar-refractivity contribution in [2.24, 2.45) is 5.92 Å². The molecule has 1 fully saturated rings. The summed E-state index contributed by atoms with van der Waals surface area (Å²) in [6.07, 6.45) is 1.19. The average Bonchev–Trinajstić information content (AvgIpc) is 2.39. The minimum absolute atomic E-state index is 0.0301. The highest BCUT2D eigenvalue weighted by Gasteiger charge is 2.24. The molecule has 0 bridgehead atoms. The predicted octanol–water partition coefficient (Wildman–Crippen LogP) is -1.02. The van der Waals surface area contributed by atoms with Crippen molar-refractivity contribution in [3.05, 3.63) is 29.8 Å². The monoisotopic (exact) mass is 276 g/mol. The van der Waals surface area contributed by atoms with Gasteiger partial charge in [-0.2, -0.15) is 0 Å². The number of amides is 1. The first-order chi connectivity index (χ1) is 9.54. The smallest absolute Gasteiger partial charge is 0.279 e. The molecule has 0 radical (unpaired) electrons. The number of hydrogen-bond acceptors (Lipinski definition) is 3. The van der Waals surface area contributed by atoms with Gasteiger partial charge in [0.1, 0.15) is 0 Å². The van der Waals surface area contributed by atoms with Crippen molar-refractivity contribution >= 4 is 17.6 Å². The molecule has 2 N–H and O–H groups in total. The lowest BCUT2D eigenvalue weighted by molar-refractivity contribution is -0.897. The molecule has 1 aromatic carbocycles. The zero-order chi connectivity index (χ0) is 14.5. The number of carbonyl (C=O) groups excluding carboxylic acids is 2. The van der Waals surface area contributed by atoms with Crippen LogP contribution in [-0.4, -0.2) is 31.5 Å². The van der Waals surface area contributed by atoms with Crippen LogP contribution >= 0.6 is 0 Å². The average molecular weight is 276 g/mol. The number of likely N-dealkylation sites (tertiary alicyclic amines) is 1. The van der Waals surface area contributed by atoms with Gasteiger partial charge in [-0.15, -0.1) is 0 Å². The fourth-order valence-corrected chi connectivity index (χ4v) is 2.59. The molecule has 0 unspecified atom stereocenters. The number of aryl methyl sites for hydroxylation is 1. The zero-order valence-electron chi connectivity index (χ0n) is 11.6. The number of benzene rings is 1. The van der Waals surface area contributed by atoms with E-state index < -0.39 is 5.97 Å². The van der Waals surface area contributed by atoms with Gasteiger partial charge in [-0.25, -0.2) is 0 Å². The summed E-state index contributed by atoms with van der Waals surface area (Å²) in [5.41, 5.74) is 1.91. The van der Waals surface area contributed by atoms with Crippen LogP contribution in [0.2, 0.25) is 0 Å². The molecule has 1 saturated heterocycles. The first-order valence-corrected chi connectivity index (χ1v) is 6.95. The quantitative estimate of drug-likeness (QED) is 0.739. The Morgan fingerprint density at radius 2 is 2.05 bits per heavy atom. The van der Waals surface area contributed by atoms with Gasteiger partial charge in [0, 0.05) is 30.4 Å². The highest BCUT2D eigenvalue weighted by atomic mass is 16.4. The molecule has 0 aliphatic carbocycles. The van der Waals surface area contributed by atoms with Crippen molar-refractivity contribution in [1.82, 2.24) is 0 Å². The van der Waals surface area contributed by atoms with Crippen molar-refractivity contribution in [2.45, 2.75) is 19.8 Å². The van der Waals surface area contributed by atoms with Gasteiger partial charge in [0.2, 0.25) is 0 Å². The van der Waals surface area contributed by atoms with E-state index in [1.165, 1.54) is 0 Å². The fourth-order valence-electron chi connectivity index (χ4n) is 2.59. The van der Waals surface area contributed by atoms with E-state index in [9.17, 15) is 14.7 Å². The number of aliphatic carboxylic acids is 1. The summed E-state index contributed by atoms with van der Waals surface area (Å²) in [5.74, 6) is -1.34. The van der Waals surface area contributed by atoms with E-state index in [-0.39, 0.29) is 11.8 Å². The third-order valence-corrected chi connectivity index (χ3v) is 3.74. The normalized spacial score (nSPS) is 22.2. The molecule has 0 spiro atoms. The first kappa shape index (κ1) is 14.5. The molecule has 1 aliphatic rings. The van der Waals surface area contributed by atoms with E-state index in [1.54, 1.807) is 0 Å². The number of rotatable bonds is 4. The molecule has 1 heterocycles. The second kappa shape index (κ2) is 6.52. The highest BCUT2D eigenvalue weighted by molar-refractivity contribution is 5.91. The Bertz CT molecular complexity index is 494. The third-order valence-electron chi connectivity index (χ3n) is 3.74. The lowest BCUT2D eigenvalue weighted by Gasteiger charge is -2.29. The molecule has 2 rings (SSSR count). The van der Waals surface area contributed by atoms with Gasteiger partial charge in [-0.3, -0.25) is 4.79 Å². The predicted molar refractivity (Wildman–Crippen MR) is 73.1 cm³/mol. The van der Waals surface area contributed by atoms with Gasteiger partial charge >= 0.3 is 0 Å². The van der Waals surface area contributed by atoms with E-state index in [0.717, 1.165) is 16.2 Å². The van der Waals surface area contributed by atoms with Crippen LogP contribution in [0, 0.1) is 12.8 Å². The number of carboxylic acids is 1. The third kappa shape index (κ3) is 4.06. The van der Waals surface area contributed by atoms with Crippen LogP contribution in [0.5, 0.6) is 0 Å². The van der Waals surface area contributed by atoms with Crippen LogP contribution in [0.4, 0.5) is 5.69 Å². The lowest BCUT2D eigenvalue weighted by Crippen LogP contribution is -3.14. The maximum Gasteiger partial charge on any atom is 0.279 e.